The van der Waals surface area contributed by atoms with Crippen LogP contribution in [0, 0.1) is 11.3 Å². The van der Waals surface area contributed by atoms with E-state index < -0.39 is 5.54 Å². The van der Waals surface area contributed by atoms with E-state index in [1.165, 1.54) is 0 Å². The van der Waals surface area contributed by atoms with E-state index in [-0.39, 0.29) is 12.4 Å². The molecule has 0 bridgehead atoms. The van der Waals surface area contributed by atoms with Gasteiger partial charge in [0.2, 0.25) is 0 Å². The Balaban J connectivity index is 0. The van der Waals surface area contributed by atoms with Crippen molar-refractivity contribution in [2.75, 3.05) is 0 Å². The predicted molar refractivity (Wildman–Crippen MR) is 39.1 cm³/mol. The SMILES string of the molecule is CC(C)(N)C#CCl.Cl. The third-order valence-corrected chi connectivity index (χ3v) is 0.464. The maximum atomic E-state index is 5.39. The molecule has 0 aromatic rings. The Morgan fingerprint density at radius 3 is 1.88 bits per heavy atom. The fourth-order valence-electron chi connectivity index (χ4n) is 0.122. The van der Waals surface area contributed by atoms with Crippen LogP contribution in [0.5, 0.6) is 0 Å². The number of halogens is 2. The lowest BCUT2D eigenvalue weighted by atomic mass is 10.1. The largest absolute Gasteiger partial charge is 0.316 e. The molecule has 0 aromatic carbocycles. The molecule has 1 nitrogen and oxygen atoms in total. The Kier molecular flexibility index (Phi) is 5.52. The third-order valence-electron chi connectivity index (χ3n) is 0.369. The molecular weight excluding hydrogens is 145 g/mol. The first-order valence-corrected chi connectivity index (χ1v) is 2.36. The molecule has 2 N–H and O–H groups in total. The van der Waals surface area contributed by atoms with Crippen molar-refractivity contribution in [1.29, 1.82) is 0 Å². The molecule has 0 saturated carbocycles. The maximum Gasteiger partial charge on any atom is 0.0731 e. The Bertz CT molecular complexity index is 104. The molecule has 0 heterocycles. The molecule has 0 saturated heterocycles. The molecule has 0 aromatic heterocycles. The molecular formula is C5H9Cl2N. The quantitative estimate of drug-likeness (QED) is 0.523. The van der Waals surface area contributed by atoms with Crippen LogP contribution in [-0.2, 0) is 0 Å². The second kappa shape index (κ2) is 4.03. The Hall–Kier alpha value is 0.100. The van der Waals surface area contributed by atoms with Crippen LogP contribution in [0.25, 0.3) is 0 Å². The number of rotatable bonds is 0. The van der Waals surface area contributed by atoms with Gasteiger partial charge in [0.25, 0.3) is 0 Å². The Morgan fingerprint density at radius 2 is 1.88 bits per heavy atom. The van der Waals surface area contributed by atoms with Crippen molar-refractivity contribution in [2.45, 2.75) is 19.4 Å². The molecule has 0 rings (SSSR count). The second-order valence-corrected chi connectivity index (χ2v) is 2.13. The van der Waals surface area contributed by atoms with Crippen LogP contribution < -0.4 is 5.73 Å². The highest BCUT2D eigenvalue weighted by atomic mass is 35.5. The highest BCUT2D eigenvalue weighted by Gasteiger charge is 2.02. The van der Waals surface area contributed by atoms with E-state index in [0.717, 1.165) is 0 Å². The fourth-order valence-corrected chi connectivity index (χ4v) is 0.365. The number of hydrogen-bond donors (Lipinski definition) is 1. The zero-order valence-corrected chi connectivity index (χ0v) is 6.44. The summed E-state index contributed by atoms with van der Waals surface area (Å²) in [6.45, 7) is 3.59. The topological polar surface area (TPSA) is 26.0 Å². The van der Waals surface area contributed by atoms with Crippen LogP contribution in [0.15, 0.2) is 0 Å². The lowest BCUT2D eigenvalue weighted by molar-refractivity contribution is 0.681. The summed E-state index contributed by atoms with van der Waals surface area (Å²) in [5, 5.41) is 2.20. The Morgan fingerprint density at radius 1 is 1.50 bits per heavy atom. The average Bonchev–Trinajstić information content (AvgIpc) is 1.30. The van der Waals surface area contributed by atoms with E-state index in [0.29, 0.717) is 0 Å². The summed E-state index contributed by atoms with van der Waals surface area (Å²) in [5.74, 6) is 2.58. The van der Waals surface area contributed by atoms with Gasteiger partial charge in [0.05, 0.1) is 5.54 Å². The van der Waals surface area contributed by atoms with E-state index >= 15 is 0 Å². The number of nitrogens with two attached hydrogens (primary N) is 1. The molecule has 0 aliphatic rings. The second-order valence-electron chi connectivity index (χ2n) is 1.94. The summed E-state index contributed by atoms with van der Waals surface area (Å²) >= 11 is 5.05. The molecule has 0 aliphatic carbocycles. The highest BCUT2D eigenvalue weighted by Crippen LogP contribution is 1.91. The normalized spacial score (nSPS) is 8.50. The van der Waals surface area contributed by atoms with Gasteiger partial charge in [-0.05, 0) is 25.4 Å². The molecule has 8 heavy (non-hydrogen) atoms. The van der Waals surface area contributed by atoms with Gasteiger partial charge >= 0.3 is 0 Å². The predicted octanol–water partition coefficient (Wildman–Crippen LogP) is 1.35. The van der Waals surface area contributed by atoms with E-state index in [2.05, 4.69) is 11.3 Å². The average molecular weight is 154 g/mol. The van der Waals surface area contributed by atoms with Crippen molar-refractivity contribution in [3.8, 4) is 11.3 Å². The van der Waals surface area contributed by atoms with Crippen molar-refractivity contribution in [3.63, 3.8) is 0 Å². The minimum atomic E-state index is -0.443. The molecule has 48 valence electrons. The lowest BCUT2D eigenvalue weighted by Gasteiger charge is -2.05. The molecule has 0 fully saturated rings. The minimum absolute atomic E-state index is 0. The van der Waals surface area contributed by atoms with Crippen molar-refractivity contribution in [1.82, 2.24) is 0 Å². The van der Waals surface area contributed by atoms with Gasteiger partial charge in [-0.25, -0.2) is 0 Å². The van der Waals surface area contributed by atoms with Crippen LogP contribution in [0.1, 0.15) is 13.8 Å². The van der Waals surface area contributed by atoms with Crippen LogP contribution in [0.3, 0.4) is 0 Å². The van der Waals surface area contributed by atoms with Gasteiger partial charge in [-0.15, -0.1) is 12.4 Å². The summed E-state index contributed by atoms with van der Waals surface area (Å²) < 4.78 is 0. The molecule has 0 spiro atoms. The first kappa shape index (κ1) is 11.0. The van der Waals surface area contributed by atoms with Crippen molar-refractivity contribution in [3.05, 3.63) is 0 Å². The zero-order valence-electron chi connectivity index (χ0n) is 4.86. The monoisotopic (exact) mass is 153 g/mol. The summed E-state index contributed by atoms with van der Waals surface area (Å²) in [6, 6.07) is 0. The van der Waals surface area contributed by atoms with Gasteiger partial charge < -0.3 is 5.73 Å². The van der Waals surface area contributed by atoms with Gasteiger partial charge in [-0.2, -0.15) is 0 Å². The third kappa shape index (κ3) is 9.44. The smallest absolute Gasteiger partial charge is 0.0731 e. The molecule has 0 aliphatic heterocycles. The summed E-state index contributed by atoms with van der Waals surface area (Å²) in [7, 11) is 0. The van der Waals surface area contributed by atoms with E-state index in [1.54, 1.807) is 13.8 Å². The maximum absolute atomic E-state index is 5.39. The van der Waals surface area contributed by atoms with Gasteiger partial charge in [-0.3, -0.25) is 0 Å². The van der Waals surface area contributed by atoms with Crippen LogP contribution in [0.2, 0.25) is 0 Å². The van der Waals surface area contributed by atoms with Crippen molar-refractivity contribution >= 4 is 24.0 Å². The molecule has 0 amide bonds. The van der Waals surface area contributed by atoms with Crippen LogP contribution in [0.4, 0.5) is 0 Å². The van der Waals surface area contributed by atoms with E-state index in [1.807, 2.05) is 0 Å². The van der Waals surface area contributed by atoms with Crippen LogP contribution in [-0.4, -0.2) is 5.54 Å². The van der Waals surface area contributed by atoms with Gasteiger partial charge in [0.1, 0.15) is 0 Å². The standard InChI is InChI=1S/C5H8ClN.ClH/c1-5(2,7)3-4-6;/h7H2,1-2H3;1H. The zero-order chi connectivity index (χ0) is 5.91. The van der Waals surface area contributed by atoms with Gasteiger partial charge in [-0.1, -0.05) is 5.92 Å². The van der Waals surface area contributed by atoms with E-state index in [4.69, 9.17) is 17.3 Å². The molecule has 0 atom stereocenters. The molecule has 3 heteroatoms. The first-order valence-electron chi connectivity index (χ1n) is 1.98. The molecule has 0 radical (unpaired) electrons. The summed E-state index contributed by atoms with van der Waals surface area (Å²) in [6.07, 6.45) is 0. The fraction of sp³-hybridized carbons (Fsp3) is 0.600. The van der Waals surface area contributed by atoms with Gasteiger partial charge in [0, 0.05) is 5.38 Å². The lowest BCUT2D eigenvalue weighted by Crippen LogP contribution is -2.29. The van der Waals surface area contributed by atoms with Crippen molar-refractivity contribution in [2.24, 2.45) is 5.73 Å². The van der Waals surface area contributed by atoms with Crippen molar-refractivity contribution < 1.29 is 0 Å². The van der Waals surface area contributed by atoms with E-state index in [9.17, 15) is 0 Å². The minimum Gasteiger partial charge on any atom is -0.316 e. The number of hydrogen-bond acceptors (Lipinski definition) is 1. The molecule has 0 unspecified atom stereocenters. The Labute approximate surface area is 61.0 Å². The highest BCUT2D eigenvalue weighted by molar-refractivity contribution is 6.30. The summed E-state index contributed by atoms with van der Waals surface area (Å²) in [5.41, 5.74) is 4.95. The van der Waals surface area contributed by atoms with Gasteiger partial charge in [0.15, 0.2) is 0 Å². The summed E-state index contributed by atoms with van der Waals surface area (Å²) in [4.78, 5) is 0. The van der Waals surface area contributed by atoms with Crippen LogP contribution >= 0.6 is 24.0 Å². The first-order chi connectivity index (χ1) is 3.06.